The van der Waals surface area contributed by atoms with E-state index >= 15 is 0 Å². The molecular formula is C14H27N3O. The first-order chi connectivity index (χ1) is 8.37. The van der Waals surface area contributed by atoms with Gasteiger partial charge in [-0.3, -0.25) is 4.68 Å². The van der Waals surface area contributed by atoms with Crippen LogP contribution in [0.5, 0.6) is 0 Å². The monoisotopic (exact) mass is 253 g/mol. The molecule has 0 spiro atoms. The summed E-state index contributed by atoms with van der Waals surface area (Å²) < 4.78 is 1.93. The van der Waals surface area contributed by atoms with Crippen LogP contribution in [0.1, 0.15) is 43.6 Å². The normalized spacial score (nSPS) is 12.1. The van der Waals surface area contributed by atoms with Crippen LogP contribution in [0, 0.1) is 19.3 Å². The molecule has 0 aliphatic rings. The second kappa shape index (κ2) is 6.34. The number of hydrogen-bond donors (Lipinski definition) is 2. The van der Waals surface area contributed by atoms with Gasteiger partial charge in [0, 0.05) is 38.0 Å². The number of aliphatic hydroxyl groups is 1. The van der Waals surface area contributed by atoms with Crippen LogP contribution in [0.15, 0.2) is 0 Å². The lowest BCUT2D eigenvalue weighted by Gasteiger charge is -2.24. The Morgan fingerprint density at radius 3 is 2.50 bits per heavy atom. The van der Waals surface area contributed by atoms with Gasteiger partial charge in [0.15, 0.2) is 0 Å². The van der Waals surface area contributed by atoms with Crippen molar-refractivity contribution in [1.82, 2.24) is 15.1 Å². The highest BCUT2D eigenvalue weighted by Gasteiger charge is 2.17. The molecule has 0 bridgehead atoms. The zero-order valence-corrected chi connectivity index (χ0v) is 12.4. The van der Waals surface area contributed by atoms with Gasteiger partial charge in [-0.2, -0.15) is 5.10 Å². The Hall–Kier alpha value is -0.870. The van der Waals surface area contributed by atoms with Crippen LogP contribution in [0.4, 0.5) is 0 Å². The molecule has 4 heteroatoms. The fraction of sp³-hybridized carbons (Fsp3) is 0.786. The van der Waals surface area contributed by atoms with E-state index in [4.69, 9.17) is 5.11 Å². The third-order valence-electron chi connectivity index (χ3n) is 3.58. The van der Waals surface area contributed by atoms with Crippen LogP contribution in [0.3, 0.4) is 0 Å². The zero-order valence-electron chi connectivity index (χ0n) is 12.4. The van der Waals surface area contributed by atoms with Crippen molar-refractivity contribution in [2.45, 2.75) is 47.1 Å². The highest BCUT2D eigenvalue weighted by Crippen LogP contribution is 2.21. The van der Waals surface area contributed by atoms with Crippen LogP contribution in [0.25, 0.3) is 0 Å². The van der Waals surface area contributed by atoms with E-state index in [9.17, 15) is 0 Å². The van der Waals surface area contributed by atoms with Gasteiger partial charge in [-0.25, -0.2) is 0 Å². The molecule has 2 N–H and O–H groups in total. The molecule has 1 aromatic heterocycles. The molecule has 4 nitrogen and oxygen atoms in total. The summed E-state index contributed by atoms with van der Waals surface area (Å²) in [5.74, 6) is 0. The summed E-state index contributed by atoms with van der Waals surface area (Å²) >= 11 is 0. The van der Waals surface area contributed by atoms with Gasteiger partial charge in [-0.1, -0.05) is 13.8 Å². The van der Waals surface area contributed by atoms with Crippen LogP contribution in [0.2, 0.25) is 0 Å². The molecule has 0 aliphatic carbocycles. The summed E-state index contributed by atoms with van der Waals surface area (Å²) in [4.78, 5) is 0. The van der Waals surface area contributed by atoms with E-state index < -0.39 is 0 Å². The third-order valence-corrected chi connectivity index (χ3v) is 3.58. The third kappa shape index (κ3) is 4.10. The van der Waals surface area contributed by atoms with Gasteiger partial charge >= 0.3 is 0 Å². The molecule has 0 amide bonds. The highest BCUT2D eigenvalue weighted by molar-refractivity contribution is 5.23. The van der Waals surface area contributed by atoms with Crippen LogP contribution in [-0.2, 0) is 13.6 Å². The van der Waals surface area contributed by atoms with Crippen molar-refractivity contribution in [1.29, 1.82) is 0 Å². The van der Waals surface area contributed by atoms with Gasteiger partial charge in [-0.15, -0.1) is 0 Å². The first-order valence-electron chi connectivity index (χ1n) is 6.68. The van der Waals surface area contributed by atoms with Crippen molar-refractivity contribution in [3.63, 3.8) is 0 Å². The van der Waals surface area contributed by atoms with E-state index in [-0.39, 0.29) is 12.0 Å². The number of nitrogens with zero attached hydrogens (tertiary/aromatic N) is 2. The minimum Gasteiger partial charge on any atom is -0.396 e. The minimum atomic E-state index is 0.229. The first kappa shape index (κ1) is 15.2. The molecule has 104 valence electrons. The molecular weight excluding hydrogens is 226 g/mol. The topological polar surface area (TPSA) is 50.1 Å². The Morgan fingerprint density at radius 2 is 2.00 bits per heavy atom. The Balaban J connectivity index is 2.46. The highest BCUT2D eigenvalue weighted by atomic mass is 16.2. The average Bonchev–Trinajstić information content (AvgIpc) is 2.53. The fourth-order valence-electron chi connectivity index (χ4n) is 2.25. The molecule has 1 heterocycles. The molecule has 0 unspecified atom stereocenters. The molecule has 0 radical (unpaired) electrons. The quantitative estimate of drug-likeness (QED) is 0.780. The number of nitrogens with one attached hydrogen (secondary N) is 1. The Bertz CT molecular complexity index is 383. The van der Waals surface area contributed by atoms with Gasteiger partial charge in [0.25, 0.3) is 0 Å². The van der Waals surface area contributed by atoms with E-state index in [0.717, 1.165) is 31.6 Å². The lowest BCUT2D eigenvalue weighted by molar-refractivity contribution is 0.236. The summed E-state index contributed by atoms with van der Waals surface area (Å²) in [5, 5.41) is 16.8. The molecule has 0 saturated carbocycles. The predicted molar refractivity (Wildman–Crippen MR) is 74.5 cm³/mol. The maximum Gasteiger partial charge on any atom is 0.0641 e. The van der Waals surface area contributed by atoms with Gasteiger partial charge in [-0.05, 0) is 32.1 Å². The largest absolute Gasteiger partial charge is 0.396 e. The maximum absolute atomic E-state index is 8.88. The van der Waals surface area contributed by atoms with E-state index in [0.29, 0.717) is 0 Å². The van der Waals surface area contributed by atoms with Crippen molar-refractivity contribution in [3.8, 4) is 0 Å². The molecule has 1 rings (SSSR count). The number of hydrogen-bond acceptors (Lipinski definition) is 3. The standard InChI is InChI=1S/C14H27N3O/c1-11-13(12(2)17(5)16-11)9-15-10-14(3,4)7-6-8-18/h15,18H,6-10H2,1-5H3. The lowest BCUT2D eigenvalue weighted by Crippen LogP contribution is -2.29. The van der Waals surface area contributed by atoms with E-state index in [1.165, 1.54) is 11.3 Å². The summed E-state index contributed by atoms with van der Waals surface area (Å²) in [7, 11) is 1.98. The number of aromatic nitrogens is 2. The van der Waals surface area contributed by atoms with Crippen molar-refractivity contribution in [2.24, 2.45) is 12.5 Å². The van der Waals surface area contributed by atoms with Gasteiger partial charge in [0.05, 0.1) is 5.69 Å². The van der Waals surface area contributed by atoms with Gasteiger partial charge in [0.1, 0.15) is 0 Å². The van der Waals surface area contributed by atoms with Crippen molar-refractivity contribution >= 4 is 0 Å². The second-order valence-corrected chi connectivity index (χ2v) is 5.87. The van der Waals surface area contributed by atoms with E-state index in [1.807, 2.05) is 11.7 Å². The molecule has 0 aromatic carbocycles. The molecule has 18 heavy (non-hydrogen) atoms. The average molecular weight is 253 g/mol. The van der Waals surface area contributed by atoms with Crippen LogP contribution < -0.4 is 5.32 Å². The van der Waals surface area contributed by atoms with Gasteiger partial charge in [0.2, 0.25) is 0 Å². The summed E-state index contributed by atoms with van der Waals surface area (Å²) in [5.41, 5.74) is 3.87. The smallest absolute Gasteiger partial charge is 0.0641 e. The van der Waals surface area contributed by atoms with Crippen LogP contribution >= 0.6 is 0 Å². The van der Waals surface area contributed by atoms with E-state index in [2.05, 4.69) is 38.1 Å². The number of rotatable bonds is 7. The minimum absolute atomic E-state index is 0.229. The number of aliphatic hydroxyl groups excluding tert-OH is 1. The van der Waals surface area contributed by atoms with Crippen molar-refractivity contribution in [2.75, 3.05) is 13.2 Å². The predicted octanol–water partition coefficient (Wildman–Crippen LogP) is 1.93. The Morgan fingerprint density at radius 1 is 1.33 bits per heavy atom. The maximum atomic E-state index is 8.88. The summed E-state index contributed by atoms with van der Waals surface area (Å²) in [6.45, 7) is 10.7. The lowest BCUT2D eigenvalue weighted by atomic mass is 9.88. The van der Waals surface area contributed by atoms with Gasteiger partial charge < -0.3 is 10.4 Å². The first-order valence-corrected chi connectivity index (χ1v) is 6.68. The Kier molecular flexibility index (Phi) is 5.35. The second-order valence-electron chi connectivity index (χ2n) is 5.87. The molecule has 0 atom stereocenters. The SMILES string of the molecule is Cc1nn(C)c(C)c1CNCC(C)(C)CCCO. The van der Waals surface area contributed by atoms with E-state index in [1.54, 1.807) is 0 Å². The van der Waals surface area contributed by atoms with Crippen LogP contribution in [-0.4, -0.2) is 28.0 Å². The molecule has 1 aromatic rings. The summed E-state index contributed by atoms with van der Waals surface area (Å²) in [6.07, 6.45) is 1.92. The number of aryl methyl sites for hydroxylation is 2. The fourth-order valence-corrected chi connectivity index (χ4v) is 2.25. The molecule has 0 saturated heterocycles. The zero-order chi connectivity index (χ0) is 13.8. The molecule has 0 aliphatic heterocycles. The summed E-state index contributed by atoms with van der Waals surface area (Å²) in [6, 6.07) is 0. The Labute approximate surface area is 110 Å². The molecule has 0 fully saturated rings. The van der Waals surface area contributed by atoms with Crippen molar-refractivity contribution in [3.05, 3.63) is 17.0 Å². The van der Waals surface area contributed by atoms with Crippen molar-refractivity contribution < 1.29 is 5.11 Å².